The molecule has 0 saturated heterocycles. The Bertz CT molecular complexity index is 794. The Morgan fingerprint density at radius 1 is 0.778 bits per heavy atom. The van der Waals surface area contributed by atoms with Gasteiger partial charge in [0.25, 0.3) is 0 Å². The minimum Gasteiger partial charge on any atom is -0.349 e. The summed E-state index contributed by atoms with van der Waals surface area (Å²) in [5.41, 5.74) is 4.59. The van der Waals surface area contributed by atoms with Crippen molar-refractivity contribution in [2.24, 2.45) is 0 Å². The van der Waals surface area contributed by atoms with Gasteiger partial charge in [0.2, 0.25) is 0 Å². The maximum absolute atomic E-state index is 5.77. The fraction of sp³-hybridized carbons (Fsp3) is 0.217. The van der Waals surface area contributed by atoms with Crippen molar-refractivity contribution in [1.29, 1.82) is 0 Å². The first-order chi connectivity index (χ1) is 13.2. The van der Waals surface area contributed by atoms with Crippen molar-refractivity contribution in [3.63, 3.8) is 0 Å². The molecule has 0 aliphatic carbocycles. The Morgan fingerprint density at radius 3 is 1.74 bits per heavy atom. The van der Waals surface area contributed by atoms with E-state index in [0.29, 0.717) is 13.2 Å². The summed E-state index contributed by atoms with van der Waals surface area (Å²) in [6, 6.07) is 27.5. The zero-order valence-electron chi connectivity index (χ0n) is 16.3. The van der Waals surface area contributed by atoms with Crippen LogP contribution in [0.2, 0.25) is 0 Å². The maximum Gasteiger partial charge on any atom is 0.183 e. The van der Waals surface area contributed by atoms with E-state index in [1.54, 1.807) is 0 Å². The summed E-state index contributed by atoms with van der Waals surface area (Å²) in [5.74, 6) is 0. The van der Waals surface area contributed by atoms with Crippen molar-refractivity contribution in [2.75, 3.05) is 18.1 Å². The Morgan fingerprint density at radius 2 is 1.30 bits per heavy atom. The number of ether oxygens (including phenoxy) is 2. The van der Waals surface area contributed by atoms with E-state index in [1.807, 2.05) is 26.0 Å². The van der Waals surface area contributed by atoms with Crippen LogP contribution in [0.1, 0.15) is 25.7 Å². The van der Waals surface area contributed by atoms with E-state index in [1.165, 1.54) is 10.9 Å². The van der Waals surface area contributed by atoms with E-state index in [2.05, 4.69) is 71.6 Å². The average molecular weight is 378 g/mol. The van der Waals surface area contributed by atoms with Gasteiger partial charge in [0.1, 0.15) is 0 Å². The van der Waals surface area contributed by atoms with Gasteiger partial charge in [0.05, 0.1) is 0 Å². The highest BCUT2D eigenvalue weighted by atomic mass is 28.1. The molecule has 0 atom stereocenters. The minimum absolute atomic E-state index is 0.302. The monoisotopic (exact) mass is 377 g/mol. The molecule has 0 bridgehead atoms. The topological polar surface area (TPSA) is 21.7 Å². The van der Waals surface area contributed by atoms with Crippen LogP contribution >= 0.6 is 0 Å². The second-order valence-corrected chi connectivity index (χ2v) is 7.37. The summed E-state index contributed by atoms with van der Waals surface area (Å²) in [5, 5.41) is 1.31. The second kappa shape index (κ2) is 9.51. The lowest BCUT2D eigenvalue weighted by Crippen LogP contribution is -2.21. The zero-order valence-corrected chi connectivity index (χ0v) is 18.3. The molecule has 4 heteroatoms. The van der Waals surface area contributed by atoms with Crippen LogP contribution < -0.4 is 10.1 Å². The van der Waals surface area contributed by atoms with Gasteiger partial charge in [-0.25, -0.2) is 0 Å². The number of rotatable bonds is 8. The maximum atomic E-state index is 5.77. The molecule has 0 spiro atoms. The fourth-order valence-corrected chi connectivity index (χ4v) is 3.92. The SMILES string of the molecule is CCOC(OCC)c1ccc(N(c2ccccc2)c2ccccc2)c([SiH3])c1. The molecule has 3 nitrogen and oxygen atoms in total. The fourth-order valence-electron chi connectivity index (χ4n) is 3.20. The molecule has 0 fully saturated rings. The van der Waals surface area contributed by atoms with Gasteiger partial charge in [-0.3, -0.25) is 0 Å². The highest BCUT2D eigenvalue weighted by Gasteiger charge is 2.17. The Hall–Kier alpha value is -2.40. The first-order valence-corrected chi connectivity index (χ1v) is 10.5. The third-order valence-corrected chi connectivity index (χ3v) is 5.20. The van der Waals surface area contributed by atoms with E-state index in [4.69, 9.17) is 9.47 Å². The minimum atomic E-state index is -0.302. The van der Waals surface area contributed by atoms with Crippen LogP contribution in [0.15, 0.2) is 78.9 Å². The van der Waals surface area contributed by atoms with Gasteiger partial charge in [-0.15, -0.1) is 0 Å². The summed E-state index contributed by atoms with van der Waals surface area (Å²) in [7, 11) is 0.925. The summed E-state index contributed by atoms with van der Waals surface area (Å²) in [6.07, 6.45) is -0.302. The first kappa shape index (κ1) is 19.4. The van der Waals surface area contributed by atoms with Gasteiger partial charge in [-0.2, -0.15) is 0 Å². The summed E-state index contributed by atoms with van der Waals surface area (Å²) >= 11 is 0. The molecule has 0 aliphatic rings. The Labute approximate surface area is 165 Å². The molecule has 27 heavy (non-hydrogen) atoms. The van der Waals surface area contributed by atoms with Crippen molar-refractivity contribution < 1.29 is 9.47 Å². The largest absolute Gasteiger partial charge is 0.349 e. The molecular formula is C23H27NO2Si. The predicted molar refractivity (Wildman–Crippen MR) is 117 cm³/mol. The van der Waals surface area contributed by atoms with Crippen molar-refractivity contribution in [1.82, 2.24) is 0 Å². The molecule has 3 rings (SSSR count). The van der Waals surface area contributed by atoms with Gasteiger partial charge in [0, 0.05) is 46.1 Å². The lowest BCUT2D eigenvalue weighted by atomic mass is 10.1. The number of hydrogen-bond acceptors (Lipinski definition) is 3. The van der Waals surface area contributed by atoms with Crippen LogP contribution in [-0.2, 0) is 9.47 Å². The van der Waals surface area contributed by atoms with Crippen molar-refractivity contribution in [3.05, 3.63) is 84.4 Å². The molecule has 0 unspecified atom stereocenters. The number of nitrogens with zero attached hydrogens (tertiary/aromatic N) is 1. The second-order valence-electron chi connectivity index (χ2n) is 6.30. The molecule has 0 aliphatic heterocycles. The van der Waals surface area contributed by atoms with E-state index in [0.717, 1.165) is 27.2 Å². The molecule has 0 saturated carbocycles. The number of benzene rings is 3. The van der Waals surface area contributed by atoms with E-state index in [-0.39, 0.29) is 6.29 Å². The van der Waals surface area contributed by atoms with Gasteiger partial charge in [-0.05, 0) is 49.4 Å². The van der Waals surface area contributed by atoms with Crippen molar-refractivity contribution in [3.8, 4) is 0 Å². The summed E-state index contributed by atoms with van der Waals surface area (Å²) in [6.45, 7) is 5.25. The van der Waals surface area contributed by atoms with E-state index >= 15 is 0 Å². The molecular weight excluding hydrogens is 350 g/mol. The van der Waals surface area contributed by atoms with E-state index < -0.39 is 0 Å². The van der Waals surface area contributed by atoms with Gasteiger partial charge >= 0.3 is 0 Å². The standard InChI is InChI=1S/C23H27NO2Si/c1-3-25-23(26-4-2)18-15-16-21(22(27)17-18)24(19-11-7-5-8-12-19)20-13-9-6-10-14-20/h5-17,23H,3-4H2,1-2,27H3. The third kappa shape index (κ3) is 4.66. The van der Waals surface area contributed by atoms with Gasteiger partial charge in [0.15, 0.2) is 6.29 Å². The molecule has 0 heterocycles. The molecule has 0 aromatic heterocycles. The van der Waals surface area contributed by atoms with Crippen molar-refractivity contribution >= 4 is 32.5 Å². The number of para-hydroxylation sites is 2. The molecule has 3 aromatic rings. The molecule has 140 valence electrons. The van der Waals surface area contributed by atoms with Crippen LogP contribution in [0, 0.1) is 0 Å². The number of anilines is 3. The van der Waals surface area contributed by atoms with Crippen molar-refractivity contribution in [2.45, 2.75) is 20.1 Å². The van der Waals surface area contributed by atoms with Crippen LogP contribution in [0.3, 0.4) is 0 Å². The molecule has 0 amide bonds. The third-order valence-electron chi connectivity index (χ3n) is 4.40. The average Bonchev–Trinajstić information content (AvgIpc) is 2.71. The highest BCUT2D eigenvalue weighted by molar-refractivity contribution is 6.36. The zero-order chi connectivity index (χ0) is 19.1. The number of hydrogen-bond donors (Lipinski definition) is 0. The first-order valence-electron chi connectivity index (χ1n) is 9.48. The van der Waals surface area contributed by atoms with Crippen LogP contribution in [0.4, 0.5) is 17.1 Å². The molecule has 0 N–H and O–H groups in total. The van der Waals surface area contributed by atoms with Gasteiger partial charge in [-0.1, -0.05) is 48.5 Å². The predicted octanol–water partition coefficient (Wildman–Crippen LogP) is 4.22. The quantitative estimate of drug-likeness (QED) is 0.433. The normalized spacial score (nSPS) is 11.1. The highest BCUT2D eigenvalue weighted by Crippen LogP contribution is 2.33. The smallest absolute Gasteiger partial charge is 0.183 e. The van der Waals surface area contributed by atoms with Crippen LogP contribution in [-0.4, -0.2) is 23.5 Å². The Kier molecular flexibility index (Phi) is 6.82. The van der Waals surface area contributed by atoms with Gasteiger partial charge < -0.3 is 14.4 Å². The lowest BCUT2D eigenvalue weighted by Gasteiger charge is -2.28. The van der Waals surface area contributed by atoms with Crippen LogP contribution in [0.25, 0.3) is 0 Å². The summed E-state index contributed by atoms with van der Waals surface area (Å²) in [4.78, 5) is 2.31. The van der Waals surface area contributed by atoms with Crippen LogP contribution in [0.5, 0.6) is 0 Å². The molecule has 0 radical (unpaired) electrons. The van der Waals surface area contributed by atoms with E-state index in [9.17, 15) is 0 Å². The Balaban J connectivity index is 2.03. The molecule has 3 aromatic carbocycles. The summed E-state index contributed by atoms with van der Waals surface area (Å²) < 4.78 is 11.5. The lowest BCUT2D eigenvalue weighted by molar-refractivity contribution is -0.140.